The molecule has 7 nitrogen and oxygen atoms in total. The average molecular weight is 395 g/mol. The lowest BCUT2D eigenvalue weighted by molar-refractivity contribution is -0.881. The fourth-order valence-corrected chi connectivity index (χ4v) is 4.03. The van der Waals surface area contributed by atoms with Crippen LogP contribution in [0.2, 0.25) is 0 Å². The minimum absolute atomic E-state index is 0.0158. The summed E-state index contributed by atoms with van der Waals surface area (Å²) in [6.45, 7) is 7.45. The van der Waals surface area contributed by atoms with Crippen molar-refractivity contribution in [2.75, 3.05) is 37.7 Å². The Morgan fingerprint density at radius 3 is 2.70 bits per heavy atom. The molecule has 2 atom stereocenters. The third-order valence-corrected chi connectivity index (χ3v) is 5.61. The van der Waals surface area contributed by atoms with Crippen LogP contribution in [0.1, 0.15) is 27.2 Å². The van der Waals surface area contributed by atoms with E-state index < -0.39 is 12.0 Å². The average Bonchev–Trinajstić information content (AvgIpc) is 2.79. The van der Waals surface area contributed by atoms with Crippen LogP contribution in [0, 0.1) is 0 Å². The number of alkyl carbamates (subject to hydrolysis) is 1. The van der Waals surface area contributed by atoms with Gasteiger partial charge in [-0.15, -0.1) is 11.8 Å². The van der Waals surface area contributed by atoms with Gasteiger partial charge in [0.05, 0.1) is 18.8 Å². The van der Waals surface area contributed by atoms with E-state index in [1.165, 1.54) is 0 Å². The first-order valence-corrected chi connectivity index (χ1v) is 10.2. The predicted octanol–water partition coefficient (Wildman–Crippen LogP) is 1.08. The Labute approximate surface area is 164 Å². The smallest absolute Gasteiger partial charge is 0.414 e. The van der Waals surface area contributed by atoms with Gasteiger partial charge in [-0.25, -0.2) is 4.79 Å². The van der Waals surface area contributed by atoms with Crippen molar-refractivity contribution in [1.29, 1.82) is 0 Å². The van der Waals surface area contributed by atoms with Gasteiger partial charge in [-0.3, -0.25) is 14.9 Å². The van der Waals surface area contributed by atoms with Gasteiger partial charge < -0.3 is 14.5 Å². The number of quaternary nitrogens is 1. The number of nitrogens with one attached hydrogen (secondary N) is 2. The van der Waals surface area contributed by atoms with E-state index >= 15 is 0 Å². The fraction of sp³-hybridized carbons (Fsp3) is 0.526. The highest BCUT2D eigenvalue weighted by Crippen LogP contribution is 2.37. The predicted molar refractivity (Wildman–Crippen MR) is 105 cm³/mol. The number of hydrogen-bond donors (Lipinski definition) is 2. The van der Waals surface area contributed by atoms with Gasteiger partial charge in [0.15, 0.2) is 13.1 Å². The number of likely N-dealkylation sites (N-methyl/N-ethyl adjacent to an activating group) is 1. The molecule has 1 aliphatic rings. The van der Waals surface area contributed by atoms with Crippen LogP contribution in [-0.4, -0.2) is 55.9 Å². The molecule has 0 bridgehead atoms. The molecule has 2 rings (SSSR count). The third kappa shape index (κ3) is 6.25. The molecule has 0 aromatic heterocycles. The number of rotatable bonds is 6. The van der Waals surface area contributed by atoms with Gasteiger partial charge in [-0.2, -0.15) is 0 Å². The molecular formula is C19H28N3O4S+. The monoisotopic (exact) mass is 394 g/mol. The number of carbonyl (C=O) groups is 3. The summed E-state index contributed by atoms with van der Waals surface area (Å²) in [5.74, 6) is -0.462. The number of thioether (sulfide) groups is 1. The number of para-hydroxylation sites is 1. The van der Waals surface area contributed by atoms with E-state index in [1.807, 2.05) is 36.1 Å². The maximum Gasteiger partial charge on any atom is 0.414 e. The Hall–Kier alpha value is -2.06. The van der Waals surface area contributed by atoms with Gasteiger partial charge in [0, 0.05) is 16.7 Å². The van der Waals surface area contributed by atoms with E-state index in [4.69, 9.17) is 4.74 Å². The number of ether oxygens (including phenoxy) is 1. The summed E-state index contributed by atoms with van der Waals surface area (Å²) >= 11 is 1.78. The molecular weight excluding hydrogens is 366 g/mol. The molecule has 1 aromatic rings. The number of nitrogens with zero attached hydrogens (tertiary/aromatic N) is 1. The molecule has 3 amide bonds. The fourth-order valence-electron chi connectivity index (χ4n) is 2.92. The van der Waals surface area contributed by atoms with E-state index in [-0.39, 0.29) is 25.6 Å². The van der Waals surface area contributed by atoms with Crippen molar-refractivity contribution in [2.24, 2.45) is 0 Å². The minimum atomic E-state index is -0.753. The topological polar surface area (TPSA) is 80.1 Å². The molecule has 1 unspecified atom stereocenters. The number of imide groups is 1. The Balaban J connectivity index is 2.02. The maximum atomic E-state index is 13.0. The van der Waals surface area contributed by atoms with Crippen LogP contribution in [-0.2, 0) is 14.3 Å². The normalized spacial score (nSPS) is 17.4. The molecule has 8 heteroatoms. The molecule has 1 aliphatic heterocycles. The number of hydrogen-bond acceptors (Lipinski definition) is 5. The van der Waals surface area contributed by atoms with Crippen LogP contribution in [0.15, 0.2) is 29.2 Å². The standard InChI is InChI=1S/C19H27N3O4S/c1-4-21(12-17(23)20-19(25)26-5-2)13-18(24)22-11-10-14(3)27-16-9-7-6-8-15(16)22/h6-9,14H,4-5,10-13H2,1-3H3,(H,20,23,25)/p+1/t14-/m1/s1. The summed E-state index contributed by atoms with van der Waals surface area (Å²) in [4.78, 5) is 40.0. The Morgan fingerprint density at radius 2 is 2.00 bits per heavy atom. The van der Waals surface area contributed by atoms with Crippen molar-refractivity contribution in [2.45, 2.75) is 37.3 Å². The van der Waals surface area contributed by atoms with Crippen LogP contribution in [0.4, 0.5) is 10.5 Å². The lowest BCUT2D eigenvalue weighted by Gasteiger charge is -2.25. The number of amides is 3. The van der Waals surface area contributed by atoms with Gasteiger partial charge in [0.2, 0.25) is 0 Å². The quantitative estimate of drug-likeness (QED) is 0.755. The Bertz CT molecular complexity index is 683. The van der Waals surface area contributed by atoms with E-state index in [9.17, 15) is 14.4 Å². The van der Waals surface area contributed by atoms with Crippen LogP contribution < -0.4 is 15.1 Å². The summed E-state index contributed by atoms with van der Waals surface area (Å²) in [5.41, 5.74) is 0.934. The molecule has 148 valence electrons. The SMILES string of the molecule is CCOC(=O)NC(=O)C[NH+](CC)CC(=O)N1CC[C@@H](C)Sc2ccccc21. The number of anilines is 1. The minimum Gasteiger partial charge on any atom is -0.450 e. The van der Waals surface area contributed by atoms with Gasteiger partial charge in [-0.05, 0) is 32.4 Å². The van der Waals surface area contributed by atoms with Crippen LogP contribution in [0.5, 0.6) is 0 Å². The zero-order chi connectivity index (χ0) is 19.8. The van der Waals surface area contributed by atoms with Crippen molar-refractivity contribution < 1.29 is 24.0 Å². The zero-order valence-electron chi connectivity index (χ0n) is 16.1. The second kappa shape index (κ2) is 10.3. The van der Waals surface area contributed by atoms with Crippen molar-refractivity contribution in [3.05, 3.63) is 24.3 Å². The Morgan fingerprint density at radius 1 is 1.26 bits per heavy atom. The van der Waals surface area contributed by atoms with E-state index in [2.05, 4.69) is 12.2 Å². The summed E-state index contributed by atoms with van der Waals surface area (Å²) in [6.07, 6.45) is 0.160. The third-order valence-electron chi connectivity index (χ3n) is 4.37. The summed E-state index contributed by atoms with van der Waals surface area (Å²) in [7, 11) is 0. The van der Waals surface area contributed by atoms with E-state index in [0.29, 0.717) is 18.3 Å². The van der Waals surface area contributed by atoms with Crippen LogP contribution in [0.25, 0.3) is 0 Å². The molecule has 0 radical (unpaired) electrons. The lowest BCUT2D eigenvalue weighted by Crippen LogP contribution is -3.14. The number of benzene rings is 1. The Kier molecular flexibility index (Phi) is 8.12. The molecule has 0 fully saturated rings. The highest BCUT2D eigenvalue weighted by atomic mass is 32.2. The van der Waals surface area contributed by atoms with E-state index in [0.717, 1.165) is 21.9 Å². The summed E-state index contributed by atoms with van der Waals surface area (Å²) < 4.78 is 4.71. The molecule has 0 spiro atoms. The number of fused-ring (bicyclic) bond motifs is 1. The second-order valence-electron chi connectivity index (χ2n) is 6.46. The largest absolute Gasteiger partial charge is 0.450 e. The first kappa shape index (κ1) is 21.2. The van der Waals surface area contributed by atoms with Gasteiger partial charge >= 0.3 is 6.09 Å². The summed E-state index contributed by atoms with van der Waals surface area (Å²) in [6, 6.07) is 7.93. The molecule has 0 aliphatic carbocycles. The van der Waals surface area contributed by atoms with Crippen LogP contribution >= 0.6 is 11.8 Å². The first-order chi connectivity index (χ1) is 12.9. The highest BCUT2D eigenvalue weighted by Gasteiger charge is 2.27. The molecule has 1 aromatic carbocycles. The second-order valence-corrected chi connectivity index (χ2v) is 7.94. The zero-order valence-corrected chi connectivity index (χ0v) is 16.9. The molecule has 0 saturated heterocycles. The highest BCUT2D eigenvalue weighted by molar-refractivity contribution is 8.00. The molecule has 27 heavy (non-hydrogen) atoms. The van der Waals surface area contributed by atoms with Crippen molar-refractivity contribution >= 4 is 35.4 Å². The van der Waals surface area contributed by atoms with E-state index in [1.54, 1.807) is 18.7 Å². The lowest BCUT2D eigenvalue weighted by atomic mass is 10.2. The van der Waals surface area contributed by atoms with Gasteiger partial charge in [-0.1, -0.05) is 19.1 Å². The van der Waals surface area contributed by atoms with Gasteiger partial charge in [0.25, 0.3) is 11.8 Å². The van der Waals surface area contributed by atoms with Crippen molar-refractivity contribution in [1.82, 2.24) is 5.32 Å². The van der Waals surface area contributed by atoms with Gasteiger partial charge in [0.1, 0.15) is 0 Å². The first-order valence-electron chi connectivity index (χ1n) is 9.30. The van der Waals surface area contributed by atoms with Crippen molar-refractivity contribution in [3.63, 3.8) is 0 Å². The maximum absolute atomic E-state index is 13.0. The molecule has 2 N–H and O–H groups in total. The molecule has 0 saturated carbocycles. The molecule has 1 heterocycles. The van der Waals surface area contributed by atoms with Crippen molar-refractivity contribution in [3.8, 4) is 0 Å². The van der Waals surface area contributed by atoms with Crippen LogP contribution in [0.3, 0.4) is 0 Å². The number of carbonyl (C=O) groups excluding carboxylic acids is 3. The summed E-state index contributed by atoms with van der Waals surface area (Å²) in [5, 5.41) is 2.62.